The third-order valence-corrected chi connectivity index (χ3v) is 7.78. The standard InChI is InChI=1S/C32H29F2NO4/c1-20(31(18-19-31)30(37)38)23-8-10-24(11-9-23)25-12-14-26(15-13-25)28-27(21(2)35-39-28)29(36)32(33,34)17-16-22-6-4-3-5-7-22/h3-17,20,29,36H,18-19H2,1-2H3,(H,37,38)/b17-16+. The molecule has 1 aromatic heterocycles. The number of halogens is 2. The van der Waals surface area contributed by atoms with Crippen LogP contribution in [-0.2, 0) is 4.79 Å². The first-order valence-corrected chi connectivity index (χ1v) is 12.8. The van der Waals surface area contributed by atoms with E-state index in [9.17, 15) is 23.8 Å². The SMILES string of the molecule is Cc1noc(-c2ccc(-c3ccc(C(C)C4(C(=O)O)CC4)cc3)cc2)c1C(O)C(F)(F)/C=C/c1ccccc1. The van der Waals surface area contributed by atoms with E-state index in [4.69, 9.17) is 4.52 Å². The van der Waals surface area contributed by atoms with Crippen molar-refractivity contribution in [1.29, 1.82) is 0 Å². The van der Waals surface area contributed by atoms with Crippen LogP contribution in [0.4, 0.5) is 8.78 Å². The zero-order chi connectivity index (χ0) is 27.8. The minimum atomic E-state index is -3.56. The van der Waals surface area contributed by atoms with Gasteiger partial charge < -0.3 is 14.7 Å². The molecule has 7 heteroatoms. The molecule has 0 spiro atoms. The molecular weight excluding hydrogens is 500 g/mol. The summed E-state index contributed by atoms with van der Waals surface area (Å²) < 4.78 is 35.4. The number of hydrogen-bond acceptors (Lipinski definition) is 4. The first kappa shape index (κ1) is 26.5. The lowest BCUT2D eigenvalue weighted by Gasteiger charge is -2.20. The highest BCUT2D eigenvalue weighted by atomic mass is 19.3. The van der Waals surface area contributed by atoms with Crippen LogP contribution in [0.5, 0.6) is 0 Å². The Morgan fingerprint density at radius 2 is 1.54 bits per heavy atom. The van der Waals surface area contributed by atoms with Gasteiger partial charge >= 0.3 is 5.97 Å². The zero-order valence-corrected chi connectivity index (χ0v) is 21.6. The van der Waals surface area contributed by atoms with Crippen LogP contribution in [0.2, 0.25) is 0 Å². The number of hydrogen-bond donors (Lipinski definition) is 2. The van der Waals surface area contributed by atoms with Gasteiger partial charge in [-0.05, 0) is 54.0 Å². The lowest BCUT2D eigenvalue weighted by molar-refractivity contribution is -0.144. The van der Waals surface area contributed by atoms with Crippen LogP contribution in [0, 0.1) is 12.3 Å². The molecule has 2 unspecified atom stereocenters. The van der Waals surface area contributed by atoms with Crippen LogP contribution in [0.15, 0.2) is 89.5 Å². The monoisotopic (exact) mass is 529 g/mol. The Bertz CT molecular complexity index is 1490. The minimum Gasteiger partial charge on any atom is -0.481 e. The molecule has 0 amide bonds. The number of aliphatic hydroxyl groups is 1. The van der Waals surface area contributed by atoms with E-state index >= 15 is 0 Å². The number of nitrogens with zero attached hydrogens (tertiary/aromatic N) is 1. The van der Waals surface area contributed by atoms with Gasteiger partial charge in [-0.15, -0.1) is 0 Å². The van der Waals surface area contributed by atoms with Crippen LogP contribution in [0.25, 0.3) is 28.5 Å². The van der Waals surface area contributed by atoms with Crippen molar-refractivity contribution in [3.63, 3.8) is 0 Å². The highest BCUT2D eigenvalue weighted by Gasteiger charge is 2.54. The Morgan fingerprint density at radius 1 is 0.974 bits per heavy atom. The predicted molar refractivity (Wildman–Crippen MR) is 145 cm³/mol. The summed E-state index contributed by atoms with van der Waals surface area (Å²) in [4.78, 5) is 11.7. The third kappa shape index (κ3) is 5.14. The summed E-state index contributed by atoms with van der Waals surface area (Å²) in [5.74, 6) is -4.29. The van der Waals surface area contributed by atoms with Crippen molar-refractivity contribution in [3.05, 3.63) is 107 Å². The van der Waals surface area contributed by atoms with E-state index in [1.54, 1.807) is 42.5 Å². The van der Waals surface area contributed by atoms with Crippen molar-refractivity contribution in [3.8, 4) is 22.5 Å². The smallest absolute Gasteiger partial charge is 0.310 e. The van der Waals surface area contributed by atoms with E-state index in [-0.39, 0.29) is 22.9 Å². The summed E-state index contributed by atoms with van der Waals surface area (Å²) in [7, 11) is 0. The summed E-state index contributed by atoms with van der Waals surface area (Å²) in [6.45, 7) is 3.48. The fourth-order valence-electron chi connectivity index (χ4n) is 5.03. The normalized spacial score (nSPS) is 16.2. The van der Waals surface area contributed by atoms with Gasteiger partial charge in [-0.1, -0.05) is 97.0 Å². The van der Waals surface area contributed by atoms with Crippen molar-refractivity contribution < 1.29 is 28.3 Å². The highest BCUT2D eigenvalue weighted by molar-refractivity contribution is 5.79. The number of aliphatic hydroxyl groups excluding tert-OH is 1. The van der Waals surface area contributed by atoms with Crippen molar-refractivity contribution in [2.75, 3.05) is 0 Å². The second-order valence-corrected chi connectivity index (χ2v) is 10.2. The van der Waals surface area contributed by atoms with E-state index in [1.807, 2.05) is 43.3 Å². The Morgan fingerprint density at radius 3 is 2.10 bits per heavy atom. The summed E-state index contributed by atoms with van der Waals surface area (Å²) in [5.41, 5.74) is 3.39. The Kier molecular flexibility index (Phi) is 6.95. The topological polar surface area (TPSA) is 83.6 Å². The number of rotatable bonds is 9. The number of aryl methyl sites for hydroxylation is 1. The molecule has 39 heavy (non-hydrogen) atoms. The van der Waals surface area contributed by atoms with Gasteiger partial charge in [-0.2, -0.15) is 8.78 Å². The van der Waals surface area contributed by atoms with Crippen molar-refractivity contribution in [2.45, 2.75) is 44.6 Å². The van der Waals surface area contributed by atoms with E-state index in [2.05, 4.69) is 5.16 Å². The lowest BCUT2D eigenvalue weighted by Crippen LogP contribution is -2.24. The van der Waals surface area contributed by atoms with Gasteiger partial charge in [0.2, 0.25) is 0 Å². The van der Waals surface area contributed by atoms with Gasteiger partial charge in [0.15, 0.2) is 11.9 Å². The molecule has 0 saturated heterocycles. The molecule has 1 fully saturated rings. The Balaban J connectivity index is 1.36. The lowest BCUT2D eigenvalue weighted by atomic mass is 9.84. The van der Waals surface area contributed by atoms with Gasteiger partial charge in [0.25, 0.3) is 5.92 Å². The maximum atomic E-state index is 15.0. The number of alkyl halides is 2. The molecule has 200 valence electrons. The molecule has 1 aliphatic rings. The zero-order valence-electron chi connectivity index (χ0n) is 21.6. The molecule has 1 saturated carbocycles. The van der Waals surface area contributed by atoms with Crippen molar-refractivity contribution in [2.24, 2.45) is 5.41 Å². The van der Waals surface area contributed by atoms with Crippen LogP contribution in [0.1, 0.15) is 54.2 Å². The Hall–Kier alpha value is -4.10. The van der Waals surface area contributed by atoms with Gasteiger partial charge in [0.1, 0.15) is 0 Å². The van der Waals surface area contributed by atoms with Crippen LogP contribution in [0.3, 0.4) is 0 Å². The summed E-state index contributed by atoms with van der Waals surface area (Å²) in [5, 5.41) is 24.1. The molecule has 0 bridgehead atoms. The van der Waals surface area contributed by atoms with Crippen LogP contribution >= 0.6 is 0 Å². The third-order valence-electron chi connectivity index (χ3n) is 7.78. The van der Waals surface area contributed by atoms with Gasteiger partial charge in [-0.25, -0.2) is 0 Å². The molecule has 2 atom stereocenters. The summed E-state index contributed by atoms with van der Waals surface area (Å²) >= 11 is 0. The number of carbonyl (C=O) groups is 1. The van der Waals surface area contributed by atoms with Gasteiger partial charge in [-0.3, -0.25) is 4.79 Å². The minimum absolute atomic E-state index is 0.0590. The van der Waals surface area contributed by atoms with Crippen LogP contribution in [-0.4, -0.2) is 27.3 Å². The molecule has 1 heterocycles. The molecule has 5 rings (SSSR count). The maximum Gasteiger partial charge on any atom is 0.310 e. The molecule has 0 radical (unpaired) electrons. The molecule has 3 aromatic carbocycles. The second-order valence-electron chi connectivity index (χ2n) is 10.2. The molecule has 0 aliphatic heterocycles. The van der Waals surface area contributed by atoms with E-state index in [0.29, 0.717) is 30.0 Å². The maximum absolute atomic E-state index is 15.0. The number of carboxylic acid groups (broad SMARTS) is 1. The van der Waals surface area contributed by atoms with E-state index in [0.717, 1.165) is 16.7 Å². The molecule has 1 aliphatic carbocycles. The first-order chi connectivity index (χ1) is 18.6. The molecule has 2 N–H and O–H groups in total. The number of carboxylic acids is 1. The predicted octanol–water partition coefficient (Wildman–Crippen LogP) is 7.67. The molecular formula is C32H29F2NO4. The van der Waals surface area contributed by atoms with E-state index < -0.39 is 23.4 Å². The fourth-order valence-corrected chi connectivity index (χ4v) is 5.03. The highest BCUT2D eigenvalue weighted by Crippen LogP contribution is 2.56. The number of benzene rings is 3. The second kappa shape index (κ2) is 10.2. The fraction of sp³-hybridized carbons (Fsp3) is 0.250. The Labute approximate surface area is 225 Å². The van der Waals surface area contributed by atoms with Gasteiger partial charge in [0, 0.05) is 5.56 Å². The van der Waals surface area contributed by atoms with E-state index in [1.165, 1.54) is 13.0 Å². The van der Waals surface area contributed by atoms with Gasteiger partial charge in [0.05, 0.1) is 16.7 Å². The summed E-state index contributed by atoms with van der Waals surface area (Å²) in [6, 6.07) is 23.7. The van der Waals surface area contributed by atoms with Crippen molar-refractivity contribution in [1.82, 2.24) is 5.16 Å². The van der Waals surface area contributed by atoms with Crippen LogP contribution < -0.4 is 0 Å². The largest absolute Gasteiger partial charge is 0.481 e. The number of aliphatic carboxylic acids is 1. The number of aromatic nitrogens is 1. The quantitative estimate of drug-likeness (QED) is 0.232. The van der Waals surface area contributed by atoms with Crippen molar-refractivity contribution >= 4 is 12.0 Å². The first-order valence-electron chi connectivity index (χ1n) is 12.8. The average molecular weight is 530 g/mol. The average Bonchev–Trinajstić information content (AvgIpc) is 3.68. The molecule has 4 aromatic rings. The summed E-state index contributed by atoms with van der Waals surface area (Å²) in [6.07, 6.45) is 1.21. The molecule has 5 nitrogen and oxygen atoms in total.